The maximum absolute atomic E-state index is 10.8. The number of rotatable bonds is 1. The van der Waals surface area contributed by atoms with E-state index in [-0.39, 0.29) is 6.54 Å². The molecule has 1 saturated heterocycles. The van der Waals surface area contributed by atoms with Crippen LogP contribution in [0.25, 0.3) is 0 Å². The zero-order valence-electron chi connectivity index (χ0n) is 8.43. The molecule has 86 valence electrons. The minimum atomic E-state index is -1.12. The summed E-state index contributed by atoms with van der Waals surface area (Å²) in [6.45, 7) is 0.443. The number of nitrogens with zero attached hydrogens (tertiary/aromatic N) is 2. The first kappa shape index (κ1) is 11.3. The van der Waals surface area contributed by atoms with Gasteiger partial charge in [-0.1, -0.05) is 0 Å². The predicted octanol–water partition coefficient (Wildman–Crippen LogP) is 1.42. The Hall–Kier alpha value is -1.14. The van der Waals surface area contributed by atoms with Crippen molar-refractivity contribution in [1.29, 1.82) is 0 Å². The lowest BCUT2D eigenvalue weighted by atomic mass is 9.95. The van der Waals surface area contributed by atoms with Crippen LogP contribution in [0.5, 0.6) is 0 Å². The third-order valence-corrected chi connectivity index (χ3v) is 3.19. The Morgan fingerprint density at radius 2 is 2.31 bits per heavy atom. The van der Waals surface area contributed by atoms with Crippen molar-refractivity contribution in [1.82, 2.24) is 9.88 Å². The molecule has 1 fully saturated rings. The molecule has 1 unspecified atom stereocenters. The molecular formula is C10H11BrN2O3. The summed E-state index contributed by atoms with van der Waals surface area (Å²) in [6.07, 6.45) is 2.59. The van der Waals surface area contributed by atoms with Gasteiger partial charge in [0.05, 0.1) is 6.54 Å². The first-order valence-electron chi connectivity index (χ1n) is 4.82. The van der Waals surface area contributed by atoms with Crippen molar-refractivity contribution in [3.63, 3.8) is 0 Å². The van der Waals surface area contributed by atoms with Gasteiger partial charge in [-0.2, -0.15) is 0 Å². The van der Waals surface area contributed by atoms with E-state index in [1.54, 1.807) is 18.5 Å². The Kier molecular flexibility index (Phi) is 2.86. The van der Waals surface area contributed by atoms with Gasteiger partial charge in [0.1, 0.15) is 5.60 Å². The number of pyridine rings is 1. The van der Waals surface area contributed by atoms with Gasteiger partial charge in [-0.15, -0.1) is 0 Å². The summed E-state index contributed by atoms with van der Waals surface area (Å²) >= 11 is 3.27. The van der Waals surface area contributed by atoms with Gasteiger partial charge >= 0.3 is 6.09 Å². The maximum Gasteiger partial charge on any atom is 0.407 e. The first-order chi connectivity index (χ1) is 7.51. The second-order valence-corrected chi connectivity index (χ2v) is 4.79. The number of hydrogen-bond donors (Lipinski definition) is 2. The van der Waals surface area contributed by atoms with E-state index in [4.69, 9.17) is 5.11 Å². The summed E-state index contributed by atoms with van der Waals surface area (Å²) in [4.78, 5) is 16.0. The van der Waals surface area contributed by atoms with Crippen LogP contribution in [0.15, 0.2) is 22.9 Å². The van der Waals surface area contributed by atoms with E-state index in [0.717, 1.165) is 4.47 Å². The molecule has 16 heavy (non-hydrogen) atoms. The van der Waals surface area contributed by atoms with Crippen LogP contribution in [0.4, 0.5) is 4.79 Å². The molecule has 6 heteroatoms. The molecule has 0 aromatic carbocycles. The van der Waals surface area contributed by atoms with E-state index in [2.05, 4.69) is 20.9 Å². The van der Waals surface area contributed by atoms with Crippen molar-refractivity contribution in [3.8, 4) is 0 Å². The fourth-order valence-electron chi connectivity index (χ4n) is 1.86. The van der Waals surface area contributed by atoms with Crippen LogP contribution in [0, 0.1) is 0 Å². The molecule has 1 aliphatic rings. The molecule has 5 nitrogen and oxygen atoms in total. The number of amides is 1. The largest absolute Gasteiger partial charge is 0.465 e. The number of aromatic nitrogens is 1. The molecule has 0 bridgehead atoms. The molecule has 0 saturated carbocycles. The molecule has 1 aromatic rings. The Morgan fingerprint density at radius 3 is 2.88 bits per heavy atom. The molecule has 2 rings (SSSR count). The van der Waals surface area contributed by atoms with Gasteiger partial charge in [-0.3, -0.25) is 4.98 Å². The minimum Gasteiger partial charge on any atom is -0.465 e. The average molecular weight is 287 g/mol. The molecule has 1 amide bonds. The third kappa shape index (κ3) is 2.03. The highest BCUT2D eigenvalue weighted by molar-refractivity contribution is 9.10. The summed E-state index contributed by atoms with van der Waals surface area (Å²) in [5.74, 6) is 0. The van der Waals surface area contributed by atoms with Gasteiger partial charge in [0, 0.05) is 29.0 Å². The summed E-state index contributed by atoms with van der Waals surface area (Å²) in [7, 11) is 0. The number of halogens is 1. The quantitative estimate of drug-likeness (QED) is 0.819. The van der Waals surface area contributed by atoms with Crippen LogP contribution in [-0.2, 0) is 5.60 Å². The maximum atomic E-state index is 10.8. The number of hydrogen-bond acceptors (Lipinski definition) is 3. The molecule has 1 aromatic heterocycles. The number of aliphatic hydroxyl groups is 1. The molecule has 1 atom stereocenters. The van der Waals surface area contributed by atoms with Gasteiger partial charge in [0.2, 0.25) is 0 Å². The van der Waals surface area contributed by atoms with Crippen molar-refractivity contribution in [3.05, 3.63) is 28.5 Å². The van der Waals surface area contributed by atoms with Crippen LogP contribution in [-0.4, -0.2) is 39.3 Å². The number of carbonyl (C=O) groups is 1. The van der Waals surface area contributed by atoms with E-state index in [1.165, 1.54) is 4.90 Å². The molecule has 0 spiro atoms. The van der Waals surface area contributed by atoms with E-state index in [1.807, 2.05) is 0 Å². The molecule has 2 N–H and O–H groups in total. The monoisotopic (exact) mass is 286 g/mol. The average Bonchev–Trinajstić information content (AvgIpc) is 2.63. The van der Waals surface area contributed by atoms with Crippen molar-refractivity contribution in [2.45, 2.75) is 12.0 Å². The topological polar surface area (TPSA) is 73.7 Å². The van der Waals surface area contributed by atoms with Crippen LogP contribution in [0.3, 0.4) is 0 Å². The number of β-amino-alcohol motifs (C(OH)–C–C–N with tert-alkyl or cyclic N) is 1. The second-order valence-electron chi connectivity index (χ2n) is 3.88. The molecule has 1 aliphatic heterocycles. The Morgan fingerprint density at radius 1 is 1.56 bits per heavy atom. The second kappa shape index (κ2) is 4.03. The molecular weight excluding hydrogens is 276 g/mol. The van der Waals surface area contributed by atoms with Crippen molar-refractivity contribution in [2.24, 2.45) is 0 Å². The van der Waals surface area contributed by atoms with Crippen LogP contribution < -0.4 is 0 Å². The highest BCUT2D eigenvalue weighted by atomic mass is 79.9. The molecule has 2 heterocycles. The highest BCUT2D eigenvalue weighted by Crippen LogP contribution is 2.32. The first-order valence-corrected chi connectivity index (χ1v) is 5.62. The van der Waals surface area contributed by atoms with Crippen molar-refractivity contribution in [2.75, 3.05) is 13.1 Å². The summed E-state index contributed by atoms with van der Waals surface area (Å²) in [5.41, 5.74) is -0.472. The van der Waals surface area contributed by atoms with E-state index in [0.29, 0.717) is 18.5 Å². The van der Waals surface area contributed by atoms with Crippen LogP contribution in [0.2, 0.25) is 0 Å². The van der Waals surface area contributed by atoms with Gasteiger partial charge in [-0.25, -0.2) is 4.79 Å². The zero-order valence-corrected chi connectivity index (χ0v) is 10.0. The van der Waals surface area contributed by atoms with Crippen LogP contribution >= 0.6 is 15.9 Å². The Balaban J connectivity index is 2.24. The normalized spacial score (nSPS) is 24.8. The third-order valence-electron chi connectivity index (χ3n) is 2.76. The Bertz CT molecular complexity index is 426. The SMILES string of the molecule is O=C(O)N1CCC(O)(c2cncc(Br)c2)C1. The van der Waals surface area contributed by atoms with Crippen molar-refractivity contribution < 1.29 is 15.0 Å². The van der Waals surface area contributed by atoms with E-state index < -0.39 is 11.7 Å². The Labute approximate surface area is 101 Å². The molecule has 0 aliphatic carbocycles. The van der Waals surface area contributed by atoms with E-state index in [9.17, 15) is 9.90 Å². The van der Waals surface area contributed by atoms with Gasteiger partial charge < -0.3 is 15.1 Å². The van der Waals surface area contributed by atoms with Gasteiger partial charge in [0.15, 0.2) is 0 Å². The van der Waals surface area contributed by atoms with Gasteiger partial charge in [0.25, 0.3) is 0 Å². The lowest BCUT2D eigenvalue weighted by Crippen LogP contribution is -2.33. The van der Waals surface area contributed by atoms with Crippen molar-refractivity contribution >= 4 is 22.0 Å². The fourth-order valence-corrected chi connectivity index (χ4v) is 2.22. The minimum absolute atomic E-state index is 0.0977. The summed E-state index contributed by atoms with van der Waals surface area (Å²) < 4.78 is 0.771. The number of carboxylic acid groups (broad SMARTS) is 1. The highest BCUT2D eigenvalue weighted by Gasteiger charge is 2.39. The summed E-state index contributed by atoms with van der Waals surface area (Å²) in [6, 6.07) is 1.76. The van der Waals surface area contributed by atoms with Crippen LogP contribution in [0.1, 0.15) is 12.0 Å². The molecule has 0 radical (unpaired) electrons. The fraction of sp³-hybridized carbons (Fsp3) is 0.400. The lowest BCUT2D eigenvalue weighted by Gasteiger charge is -2.22. The smallest absolute Gasteiger partial charge is 0.407 e. The zero-order chi connectivity index (χ0) is 11.8. The number of likely N-dealkylation sites (tertiary alicyclic amines) is 1. The standard InChI is InChI=1S/C10H11BrN2O3/c11-8-3-7(4-12-5-8)10(16)1-2-13(6-10)9(14)15/h3-5,16H,1-2,6H2,(H,14,15). The summed E-state index contributed by atoms with van der Waals surface area (Å²) in [5, 5.41) is 19.2. The predicted molar refractivity (Wildman–Crippen MR) is 60.0 cm³/mol. The van der Waals surface area contributed by atoms with E-state index >= 15 is 0 Å². The van der Waals surface area contributed by atoms with Gasteiger partial charge in [-0.05, 0) is 28.4 Å². The lowest BCUT2D eigenvalue weighted by molar-refractivity contribution is 0.0455.